The lowest BCUT2D eigenvalue weighted by Gasteiger charge is -2.36. The second-order valence-corrected chi connectivity index (χ2v) is 23.5. The molecule has 4 heteroatoms. The molecule has 0 bridgehead atoms. The first-order valence-electron chi connectivity index (χ1n) is 22.8. The fourth-order valence-corrected chi connectivity index (χ4v) is 15.1. The topological polar surface area (TPSA) is 6.48 Å². The van der Waals surface area contributed by atoms with Gasteiger partial charge in [-0.3, -0.25) is 0 Å². The Hall–Kier alpha value is -7.76. The van der Waals surface area contributed by atoms with E-state index in [1.54, 1.807) is 0 Å². The molecule has 12 aromatic rings. The van der Waals surface area contributed by atoms with Crippen molar-refractivity contribution in [2.45, 2.75) is 13.1 Å². The van der Waals surface area contributed by atoms with Gasteiger partial charge in [0.05, 0.1) is 11.4 Å². The van der Waals surface area contributed by atoms with Gasteiger partial charge in [-0.25, -0.2) is 0 Å². The number of anilines is 6. The van der Waals surface area contributed by atoms with Crippen molar-refractivity contribution in [3.63, 3.8) is 0 Å². The molecule has 0 N–H and O–H groups in total. The molecule has 11 aromatic carbocycles. The molecule has 0 fully saturated rings. The minimum Gasteiger partial charge on any atom is -0.311 e. The maximum atomic E-state index is 2.55. The van der Waals surface area contributed by atoms with Gasteiger partial charge in [0, 0.05) is 53.9 Å². The molecule has 0 spiro atoms. The van der Waals surface area contributed by atoms with Gasteiger partial charge in [0.15, 0.2) is 0 Å². The van der Waals surface area contributed by atoms with Crippen molar-refractivity contribution in [3.05, 3.63) is 231 Å². The molecule has 0 amide bonds. The first-order valence-corrected chi connectivity index (χ1v) is 26.7. The van der Waals surface area contributed by atoms with E-state index in [9.17, 15) is 0 Å². The molecule has 0 saturated heterocycles. The number of hydrogen-bond acceptors (Lipinski definition) is 3. The predicted molar refractivity (Wildman–Crippen MR) is 289 cm³/mol. The van der Waals surface area contributed by atoms with Crippen LogP contribution >= 0.6 is 11.3 Å². The molecule has 66 heavy (non-hydrogen) atoms. The van der Waals surface area contributed by atoms with Crippen LogP contribution in [0.5, 0.6) is 0 Å². The number of nitrogens with zero attached hydrogens (tertiary/aromatic N) is 2. The van der Waals surface area contributed by atoms with E-state index in [1.165, 1.54) is 96.5 Å². The van der Waals surface area contributed by atoms with Gasteiger partial charge in [-0.05, 0) is 133 Å². The SMILES string of the molecule is C[Si]1(C)c2cc(N(c3ccccc3)c3ccccc3)ccc2-c2cc3c4ccccc4c(N(c4ccc5sc6ccccc6c5c4)c4ccccc4-c4ccccc4)cc3c3cccc1c23. The highest BCUT2D eigenvalue weighted by molar-refractivity contribution is 7.25. The lowest BCUT2D eigenvalue weighted by molar-refractivity contribution is 1.29. The molecule has 13 rings (SSSR count). The minimum atomic E-state index is -2.25. The van der Waals surface area contributed by atoms with Crippen molar-refractivity contribution in [2.24, 2.45) is 0 Å². The van der Waals surface area contributed by atoms with Gasteiger partial charge < -0.3 is 9.80 Å². The van der Waals surface area contributed by atoms with Gasteiger partial charge in [0.2, 0.25) is 0 Å². The van der Waals surface area contributed by atoms with Crippen molar-refractivity contribution < 1.29 is 0 Å². The van der Waals surface area contributed by atoms with Crippen LogP contribution in [0.3, 0.4) is 0 Å². The molecule has 0 saturated carbocycles. The van der Waals surface area contributed by atoms with E-state index < -0.39 is 8.07 Å². The highest BCUT2D eigenvalue weighted by Crippen LogP contribution is 2.49. The number of rotatable bonds is 7. The predicted octanol–water partition coefficient (Wildman–Crippen LogP) is 16.9. The number of hydrogen-bond donors (Lipinski definition) is 0. The zero-order valence-corrected chi connectivity index (χ0v) is 38.6. The van der Waals surface area contributed by atoms with Crippen molar-refractivity contribution >= 4 is 116 Å². The smallest absolute Gasteiger partial charge is 0.113 e. The molecular weight excluding hydrogens is 833 g/mol. The Morgan fingerprint density at radius 3 is 1.68 bits per heavy atom. The molecule has 2 heterocycles. The third kappa shape index (κ3) is 5.99. The molecule has 1 aliphatic heterocycles. The summed E-state index contributed by atoms with van der Waals surface area (Å²) in [5.41, 5.74) is 12.0. The molecule has 2 nitrogen and oxygen atoms in total. The summed E-state index contributed by atoms with van der Waals surface area (Å²) < 4.78 is 2.61. The van der Waals surface area contributed by atoms with Gasteiger partial charge in [-0.2, -0.15) is 0 Å². The third-order valence-corrected chi connectivity index (χ3v) is 18.7. The Balaban J connectivity index is 1.08. The normalized spacial score (nSPS) is 12.8. The standard InChI is InChI=1S/C62H44N2SSi/c1-66(2)60-32-18-29-51-53-40-57(64(56-30-16-14-25-46(56)41-19-6-3-7-20-41)44-34-36-59-54(37-44)49-28-15-17-31-58(49)65-59)48-27-13-12-26-47(48)52(53)39-55(62(51)60)50-35-33-45(38-61(50)66)63(42-21-8-4-9-22-42)43-23-10-5-11-24-43/h3-40H,1-2H3. The van der Waals surface area contributed by atoms with Crippen LogP contribution in [0.1, 0.15) is 0 Å². The average molecular weight is 877 g/mol. The van der Waals surface area contributed by atoms with Gasteiger partial charge in [0.1, 0.15) is 8.07 Å². The first-order chi connectivity index (χ1) is 32.5. The highest BCUT2D eigenvalue weighted by Gasteiger charge is 2.37. The van der Waals surface area contributed by atoms with Crippen LogP contribution in [0, 0.1) is 0 Å². The molecular formula is C62H44N2SSi. The molecule has 1 aliphatic rings. The second-order valence-electron chi connectivity index (χ2n) is 18.0. The third-order valence-electron chi connectivity index (χ3n) is 14.0. The van der Waals surface area contributed by atoms with E-state index in [1.807, 2.05) is 11.3 Å². The zero-order valence-electron chi connectivity index (χ0n) is 36.7. The van der Waals surface area contributed by atoms with Crippen molar-refractivity contribution in [2.75, 3.05) is 9.80 Å². The Labute approximate surface area is 389 Å². The van der Waals surface area contributed by atoms with Crippen LogP contribution in [0.2, 0.25) is 13.1 Å². The molecule has 0 radical (unpaired) electrons. The average Bonchev–Trinajstić information content (AvgIpc) is 3.75. The van der Waals surface area contributed by atoms with Crippen LogP contribution in [-0.4, -0.2) is 8.07 Å². The number of thiophene rings is 1. The fraction of sp³-hybridized carbons (Fsp3) is 0.0323. The lowest BCUT2D eigenvalue weighted by atomic mass is 9.89. The molecule has 1 aromatic heterocycles. The second kappa shape index (κ2) is 15.2. The van der Waals surface area contributed by atoms with Gasteiger partial charge >= 0.3 is 0 Å². The number of benzene rings is 11. The van der Waals surface area contributed by atoms with Gasteiger partial charge in [0.25, 0.3) is 0 Å². The summed E-state index contributed by atoms with van der Waals surface area (Å²) in [4.78, 5) is 4.93. The monoisotopic (exact) mass is 876 g/mol. The van der Waals surface area contributed by atoms with E-state index in [-0.39, 0.29) is 0 Å². The summed E-state index contributed by atoms with van der Waals surface area (Å²) in [5, 5.41) is 13.3. The maximum absolute atomic E-state index is 2.55. The quantitative estimate of drug-likeness (QED) is 0.116. The van der Waals surface area contributed by atoms with E-state index in [2.05, 4.69) is 253 Å². The summed E-state index contributed by atoms with van der Waals surface area (Å²) >= 11 is 1.87. The molecule has 312 valence electrons. The molecule has 0 atom stereocenters. The van der Waals surface area contributed by atoms with Crippen molar-refractivity contribution in [3.8, 4) is 22.3 Å². The van der Waals surface area contributed by atoms with Crippen molar-refractivity contribution in [1.29, 1.82) is 0 Å². The summed E-state index contributed by atoms with van der Waals surface area (Å²) in [6, 6.07) is 85.7. The summed E-state index contributed by atoms with van der Waals surface area (Å²) in [6.45, 7) is 5.09. The van der Waals surface area contributed by atoms with E-state index in [4.69, 9.17) is 0 Å². The Bertz CT molecular complexity index is 3820. The largest absolute Gasteiger partial charge is 0.311 e. The fourth-order valence-electron chi connectivity index (χ4n) is 10.9. The van der Waals surface area contributed by atoms with E-state index in [0.29, 0.717) is 0 Å². The maximum Gasteiger partial charge on any atom is 0.113 e. The van der Waals surface area contributed by atoms with E-state index >= 15 is 0 Å². The lowest BCUT2D eigenvalue weighted by Crippen LogP contribution is -2.56. The summed E-state index contributed by atoms with van der Waals surface area (Å²) in [5.74, 6) is 0. The van der Waals surface area contributed by atoms with Crippen LogP contribution in [0.25, 0.3) is 74.7 Å². The van der Waals surface area contributed by atoms with E-state index in [0.717, 1.165) is 22.7 Å². The Morgan fingerprint density at radius 1 is 0.318 bits per heavy atom. The van der Waals surface area contributed by atoms with Crippen LogP contribution < -0.4 is 20.2 Å². The van der Waals surface area contributed by atoms with Crippen LogP contribution in [0.4, 0.5) is 34.1 Å². The molecule has 0 unspecified atom stereocenters. The minimum absolute atomic E-state index is 1.14. The Kier molecular flexibility index (Phi) is 8.89. The van der Waals surface area contributed by atoms with Crippen molar-refractivity contribution in [1.82, 2.24) is 0 Å². The Morgan fingerprint density at radius 2 is 0.909 bits per heavy atom. The van der Waals surface area contributed by atoms with Gasteiger partial charge in [-0.15, -0.1) is 11.3 Å². The first kappa shape index (κ1) is 38.7. The number of para-hydroxylation sites is 3. The number of fused-ring (bicyclic) bond motifs is 9. The highest BCUT2D eigenvalue weighted by atomic mass is 32.1. The van der Waals surface area contributed by atoms with Crippen LogP contribution in [0.15, 0.2) is 231 Å². The zero-order chi connectivity index (χ0) is 43.9. The summed E-state index contributed by atoms with van der Waals surface area (Å²) in [6.07, 6.45) is 0. The van der Waals surface area contributed by atoms with Gasteiger partial charge in [-0.1, -0.05) is 165 Å². The molecule has 0 aliphatic carbocycles. The summed E-state index contributed by atoms with van der Waals surface area (Å²) in [7, 11) is -2.25. The van der Waals surface area contributed by atoms with Crippen LogP contribution in [-0.2, 0) is 0 Å².